The lowest BCUT2D eigenvalue weighted by Gasteiger charge is -2.23. The molecule has 2 N–H and O–H groups in total. The van der Waals surface area contributed by atoms with Crippen molar-refractivity contribution < 1.29 is 9.53 Å². The van der Waals surface area contributed by atoms with Crippen LogP contribution in [0.1, 0.15) is 26.2 Å². The zero-order valence-corrected chi connectivity index (χ0v) is 8.84. The summed E-state index contributed by atoms with van der Waals surface area (Å²) in [5.74, 6) is 0.178. The van der Waals surface area contributed by atoms with E-state index >= 15 is 0 Å². The maximum Gasteiger partial charge on any atom is 0.220 e. The molecule has 0 aliphatic carbocycles. The minimum Gasteiger partial charge on any atom is -0.382 e. The van der Waals surface area contributed by atoms with E-state index in [1.165, 1.54) is 0 Å². The van der Waals surface area contributed by atoms with E-state index in [-0.39, 0.29) is 5.91 Å². The summed E-state index contributed by atoms with van der Waals surface area (Å²) < 4.78 is 5.23. The molecule has 0 bridgehead atoms. The van der Waals surface area contributed by atoms with Crippen molar-refractivity contribution in [1.29, 1.82) is 0 Å². The highest BCUT2D eigenvalue weighted by Crippen LogP contribution is 2.02. The number of ether oxygens (including phenoxy) is 1. The number of rotatable bonds is 6. The minimum atomic E-state index is 0.178. The van der Waals surface area contributed by atoms with Gasteiger partial charge in [0.15, 0.2) is 0 Å². The van der Waals surface area contributed by atoms with Crippen molar-refractivity contribution in [2.75, 3.05) is 26.3 Å². The van der Waals surface area contributed by atoms with Gasteiger partial charge in [-0.25, -0.2) is 0 Å². The fourth-order valence-electron chi connectivity index (χ4n) is 1.53. The zero-order valence-electron chi connectivity index (χ0n) is 8.84. The summed E-state index contributed by atoms with van der Waals surface area (Å²) in [4.78, 5) is 10.9. The van der Waals surface area contributed by atoms with Crippen molar-refractivity contribution in [2.45, 2.75) is 32.2 Å². The Balaban J connectivity index is 1.94. The Labute approximate surface area is 85.4 Å². The molecule has 1 saturated heterocycles. The maximum atomic E-state index is 10.9. The molecular formula is C10H20N2O2. The van der Waals surface area contributed by atoms with Crippen LogP contribution >= 0.6 is 0 Å². The van der Waals surface area contributed by atoms with Gasteiger partial charge in [-0.3, -0.25) is 4.79 Å². The Morgan fingerprint density at radius 1 is 1.64 bits per heavy atom. The predicted octanol–water partition coefficient (Wildman–Crippen LogP) is 0.281. The Morgan fingerprint density at radius 3 is 3.14 bits per heavy atom. The second-order valence-electron chi connectivity index (χ2n) is 3.54. The summed E-state index contributed by atoms with van der Waals surface area (Å²) in [6.07, 6.45) is 2.65. The lowest BCUT2D eigenvalue weighted by atomic mass is 10.1. The van der Waals surface area contributed by atoms with Crippen LogP contribution in [0.5, 0.6) is 0 Å². The molecule has 0 aromatic heterocycles. The molecular weight excluding hydrogens is 180 g/mol. The van der Waals surface area contributed by atoms with Crippen molar-refractivity contribution in [2.24, 2.45) is 0 Å². The van der Waals surface area contributed by atoms with Crippen LogP contribution in [0, 0.1) is 0 Å². The van der Waals surface area contributed by atoms with Crippen LogP contribution in [0.2, 0.25) is 0 Å². The van der Waals surface area contributed by atoms with Gasteiger partial charge in [0.05, 0.1) is 0 Å². The van der Waals surface area contributed by atoms with Gasteiger partial charge < -0.3 is 15.4 Å². The van der Waals surface area contributed by atoms with Gasteiger partial charge in [0.2, 0.25) is 5.91 Å². The van der Waals surface area contributed by atoms with E-state index in [2.05, 4.69) is 10.6 Å². The monoisotopic (exact) mass is 200 g/mol. The second-order valence-corrected chi connectivity index (χ2v) is 3.54. The van der Waals surface area contributed by atoms with Gasteiger partial charge in [0.25, 0.3) is 0 Å². The van der Waals surface area contributed by atoms with Crippen molar-refractivity contribution in [3.8, 4) is 0 Å². The van der Waals surface area contributed by atoms with E-state index < -0.39 is 0 Å². The Bertz CT molecular complexity index is 164. The third-order valence-electron chi connectivity index (χ3n) is 2.37. The molecule has 4 nitrogen and oxygen atoms in total. The lowest BCUT2D eigenvalue weighted by Crippen LogP contribution is -2.46. The van der Waals surface area contributed by atoms with Crippen LogP contribution < -0.4 is 10.6 Å². The molecule has 0 spiro atoms. The van der Waals surface area contributed by atoms with Crippen LogP contribution in [-0.4, -0.2) is 38.3 Å². The van der Waals surface area contributed by atoms with E-state index in [1.54, 1.807) is 0 Å². The van der Waals surface area contributed by atoms with Gasteiger partial charge >= 0.3 is 0 Å². The molecule has 0 aromatic carbocycles. The molecule has 1 aliphatic heterocycles. The quantitative estimate of drug-likeness (QED) is 0.606. The first-order valence-electron chi connectivity index (χ1n) is 5.40. The molecule has 1 amide bonds. The fourth-order valence-corrected chi connectivity index (χ4v) is 1.53. The van der Waals surface area contributed by atoms with E-state index in [4.69, 9.17) is 4.74 Å². The molecule has 14 heavy (non-hydrogen) atoms. The van der Waals surface area contributed by atoms with Crippen LogP contribution in [0.15, 0.2) is 0 Å². The lowest BCUT2D eigenvalue weighted by molar-refractivity contribution is -0.122. The number of hydrogen-bond acceptors (Lipinski definition) is 3. The molecule has 0 aromatic rings. The summed E-state index contributed by atoms with van der Waals surface area (Å²) >= 11 is 0. The van der Waals surface area contributed by atoms with Crippen molar-refractivity contribution >= 4 is 5.91 Å². The van der Waals surface area contributed by atoms with Crippen molar-refractivity contribution in [1.82, 2.24) is 10.6 Å². The van der Waals surface area contributed by atoms with Crippen LogP contribution in [-0.2, 0) is 9.53 Å². The SMILES string of the molecule is CCOCCCNC1CCC(=O)NC1. The maximum absolute atomic E-state index is 10.9. The van der Waals surface area contributed by atoms with E-state index in [0.717, 1.165) is 39.1 Å². The molecule has 1 unspecified atom stereocenters. The number of nitrogens with one attached hydrogen (secondary N) is 2. The third-order valence-corrected chi connectivity index (χ3v) is 2.37. The van der Waals surface area contributed by atoms with Crippen LogP contribution in [0.3, 0.4) is 0 Å². The minimum absolute atomic E-state index is 0.178. The van der Waals surface area contributed by atoms with E-state index in [9.17, 15) is 4.79 Å². The molecule has 82 valence electrons. The Morgan fingerprint density at radius 2 is 2.50 bits per heavy atom. The summed E-state index contributed by atoms with van der Waals surface area (Å²) in [5.41, 5.74) is 0. The highest BCUT2D eigenvalue weighted by Gasteiger charge is 2.16. The fraction of sp³-hybridized carbons (Fsp3) is 0.900. The van der Waals surface area contributed by atoms with E-state index in [1.807, 2.05) is 6.92 Å². The Kier molecular flexibility index (Phi) is 5.56. The molecule has 1 atom stereocenters. The summed E-state index contributed by atoms with van der Waals surface area (Å²) in [6.45, 7) is 5.36. The summed E-state index contributed by atoms with van der Waals surface area (Å²) in [5, 5.41) is 6.26. The summed E-state index contributed by atoms with van der Waals surface area (Å²) in [7, 11) is 0. The molecule has 1 rings (SSSR count). The smallest absolute Gasteiger partial charge is 0.220 e. The number of hydrogen-bond donors (Lipinski definition) is 2. The average Bonchev–Trinajstić information content (AvgIpc) is 2.21. The van der Waals surface area contributed by atoms with Gasteiger partial charge in [-0.05, 0) is 26.3 Å². The first-order chi connectivity index (χ1) is 6.83. The highest BCUT2D eigenvalue weighted by molar-refractivity contribution is 5.76. The summed E-state index contributed by atoms with van der Waals surface area (Å²) in [6, 6.07) is 0.453. The van der Waals surface area contributed by atoms with Gasteiger partial charge in [0.1, 0.15) is 0 Å². The zero-order chi connectivity index (χ0) is 10.2. The molecule has 0 radical (unpaired) electrons. The standard InChI is InChI=1S/C10H20N2O2/c1-2-14-7-3-6-11-9-4-5-10(13)12-8-9/h9,11H,2-8H2,1H3,(H,12,13). The highest BCUT2D eigenvalue weighted by atomic mass is 16.5. The predicted molar refractivity (Wildman–Crippen MR) is 55.1 cm³/mol. The van der Waals surface area contributed by atoms with Gasteiger partial charge in [-0.1, -0.05) is 0 Å². The first kappa shape index (κ1) is 11.5. The normalized spacial score (nSPS) is 22.1. The topological polar surface area (TPSA) is 50.4 Å². The average molecular weight is 200 g/mol. The van der Waals surface area contributed by atoms with Gasteiger partial charge in [-0.2, -0.15) is 0 Å². The number of amides is 1. The molecule has 4 heteroatoms. The molecule has 1 heterocycles. The van der Waals surface area contributed by atoms with Crippen molar-refractivity contribution in [3.63, 3.8) is 0 Å². The Hall–Kier alpha value is -0.610. The van der Waals surface area contributed by atoms with Crippen LogP contribution in [0.4, 0.5) is 0 Å². The van der Waals surface area contributed by atoms with Gasteiger partial charge in [0, 0.05) is 32.2 Å². The van der Waals surface area contributed by atoms with Gasteiger partial charge in [-0.15, -0.1) is 0 Å². The second kappa shape index (κ2) is 6.79. The number of carbonyl (C=O) groups is 1. The largest absolute Gasteiger partial charge is 0.382 e. The van der Waals surface area contributed by atoms with E-state index in [0.29, 0.717) is 12.5 Å². The van der Waals surface area contributed by atoms with Crippen molar-refractivity contribution in [3.05, 3.63) is 0 Å². The first-order valence-corrected chi connectivity index (χ1v) is 5.40. The third kappa shape index (κ3) is 4.58. The number of piperidine rings is 1. The van der Waals surface area contributed by atoms with Crippen LogP contribution in [0.25, 0.3) is 0 Å². The number of carbonyl (C=O) groups excluding carboxylic acids is 1. The molecule has 1 fully saturated rings. The molecule has 0 saturated carbocycles. The molecule has 1 aliphatic rings.